The summed E-state index contributed by atoms with van der Waals surface area (Å²) in [5.41, 5.74) is 7.13. The lowest BCUT2D eigenvalue weighted by atomic mass is 10.1. The largest absolute Gasteiger partial charge is 0.397 e. The third-order valence-electron chi connectivity index (χ3n) is 3.54. The van der Waals surface area contributed by atoms with Crippen molar-refractivity contribution in [1.82, 2.24) is 9.88 Å². The molecule has 18 heavy (non-hydrogen) atoms. The minimum absolute atomic E-state index is 0.0332. The van der Waals surface area contributed by atoms with E-state index in [1.54, 1.807) is 6.07 Å². The van der Waals surface area contributed by atoms with E-state index in [0.29, 0.717) is 24.0 Å². The molecule has 1 atom stereocenters. The second-order valence-corrected chi connectivity index (χ2v) is 5.18. The smallest absolute Gasteiger partial charge is 0.268 e. The Labute approximate surface area is 106 Å². The van der Waals surface area contributed by atoms with Gasteiger partial charge in [0.2, 0.25) is 0 Å². The fourth-order valence-electron chi connectivity index (χ4n) is 2.45. The van der Waals surface area contributed by atoms with Gasteiger partial charge in [0.05, 0.1) is 18.3 Å². The van der Waals surface area contributed by atoms with Crippen molar-refractivity contribution < 1.29 is 9.53 Å². The van der Waals surface area contributed by atoms with E-state index in [-0.39, 0.29) is 11.9 Å². The Bertz CT molecular complexity index is 445. The first-order valence-corrected chi connectivity index (χ1v) is 6.60. The maximum Gasteiger partial charge on any atom is 0.268 e. The number of amides is 1. The molecule has 0 bridgehead atoms. The van der Waals surface area contributed by atoms with Crippen LogP contribution in [0, 0.1) is 0 Å². The van der Waals surface area contributed by atoms with Gasteiger partial charge in [-0.05, 0) is 31.7 Å². The lowest BCUT2D eigenvalue weighted by molar-refractivity contribution is 0.0620. The number of nitrogens with zero attached hydrogens (tertiary/aromatic N) is 1. The number of hydrogen-bond acceptors (Lipinski definition) is 3. The van der Waals surface area contributed by atoms with E-state index in [1.807, 2.05) is 10.8 Å². The molecule has 5 heteroatoms. The molecule has 0 aromatic carbocycles. The Balaban J connectivity index is 1.71. The Morgan fingerprint density at radius 2 is 2.28 bits per heavy atom. The van der Waals surface area contributed by atoms with Crippen LogP contribution in [-0.2, 0) is 4.74 Å². The highest BCUT2D eigenvalue weighted by Gasteiger charge is 2.28. The molecule has 3 rings (SSSR count). The molecular weight excluding hydrogens is 230 g/mol. The third kappa shape index (κ3) is 2.36. The summed E-state index contributed by atoms with van der Waals surface area (Å²) in [6, 6.07) is 2.36. The number of nitrogens with two attached hydrogens (primary N) is 1. The molecule has 5 nitrogen and oxygen atoms in total. The zero-order valence-electron chi connectivity index (χ0n) is 10.4. The van der Waals surface area contributed by atoms with Crippen LogP contribution in [0.4, 0.5) is 5.69 Å². The van der Waals surface area contributed by atoms with E-state index < -0.39 is 0 Å². The number of nitrogens with one attached hydrogen (secondary N) is 1. The zero-order chi connectivity index (χ0) is 12.5. The number of carbonyl (C=O) groups is 1. The Hall–Kier alpha value is -1.49. The summed E-state index contributed by atoms with van der Waals surface area (Å²) in [6.45, 7) is 1.42. The van der Waals surface area contributed by atoms with Crippen molar-refractivity contribution in [2.75, 3.05) is 18.9 Å². The van der Waals surface area contributed by atoms with Gasteiger partial charge in [-0.1, -0.05) is 0 Å². The van der Waals surface area contributed by atoms with Crippen molar-refractivity contribution in [2.45, 2.75) is 37.8 Å². The van der Waals surface area contributed by atoms with Crippen molar-refractivity contribution >= 4 is 11.6 Å². The second kappa shape index (κ2) is 4.65. The normalized spacial score (nSPS) is 23.9. The highest BCUT2D eigenvalue weighted by atomic mass is 16.5. The van der Waals surface area contributed by atoms with Gasteiger partial charge < -0.3 is 20.4 Å². The van der Waals surface area contributed by atoms with Gasteiger partial charge in [-0.2, -0.15) is 0 Å². The SMILES string of the molecule is Nc1cc(C(=O)NC2CCCOC2)n(C2CC2)c1. The lowest BCUT2D eigenvalue weighted by Crippen LogP contribution is -2.41. The molecule has 1 amide bonds. The number of carbonyl (C=O) groups excluding carboxylic acids is 1. The van der Waals surface area contributed by atoms with Crippen LogP contribution in [0.3, 0.4) is 0 Å². The molecule has 98 valence electrons. The molecule has 3 N–H and O–H groups in total. The van der Waals surface area contributed by atoms with Gasteiger partial charge in [0.15, 0.2) is 0 Å². The van der Waals surface area contributed by atoms with Crippen molar-refractivity contribution in [3.05, 3.63) is 18.0 Å². The summed E-state index contributed by atoms with van der Waals surface area (Å²) in [5.74, 6) is -0.0332. The van der Waals surface area contributed by atoms with Crippen LogP contribution in [0.5, 0.6) is 0 Å². The van der Waals surface area contributed by atoms with Crippen molar-refractivity contribution in [3.63, 3.8) is 0 Å². The van der Waals surface area contributed by atoms with Crippen LogP contribution in [0.25, 0.3) is 0 Å². The Morgan fingerprint density at radius 3 is 2.94 bits per heavy atom. The lowest BCUT2D eigenvalue weighted by Gasteiger charge is -2.23. The maximum atomic E-state index is 12.2. The zero-order valence-corrected chi connectivity index (χ0v) is 10.4. The van der Waals surface area contributed by atoms with Crippen molar-refractivity contribution in [1.29, 1.82) is 0 Å². The molecule has 2 fully saturated rings. The van der Waals surface area contributed by atoms with Crippen LogP contribution in [0.2, 0.25) is 0 Å². The average molecular weight is 249 g/mol. The van der Waals surface area contributed by atoms with Gasteiger partial charge in [-0.3, -0.25) is 4.79 Å². The third-order valence-corrected chi connectivity index (χ3v) is 3.54. The van der Waals surface area contributed by atoms with E-state index in [0.717, 1.165) is 32.3 Å². The second-order valence-electron chi connectivity index (χ2n) is 5.18. The van der Waals surface area contributed by atoms with E-state index in [2.05, 4.69) is 5.32 Å². The average Bonchev–Trinajstić information content (AvgIpc) is 3.13. The fraction of sp³-hybridized carbons (Fsp3) is 0.615. The van der Waals surface area contributed by atoms with Crippen LogP contribution in [0.1, 0.15) is 42.2 Å². The number of nitrogen functional groups attached to an aromatic ring is 1. The molecule has 1 saturated carbocycles. The molecule has 1 unspecified atom stereocenters. The molecule has 1 aromatic rings. The van der Waals surface area contributed by atoms with Crippen LogP contribution < -0.4 is 11.1 Å². The first-order chi connectivity index (χ1) is 8.74. The standard InChI is InChI=1S/C13H19N3O2/c14-9-6-12(16(7-9)11-3-4-11)13(17)15-10-2-1-5-18-8-10/h6-7,10-11H,1-5,8,14H2,(H,15,17). The molecule has 1 aliphatic carbocycles. The van der Waals surface area contributed by atoms with E-state index in [9.17, 15) is 4.79 Å². The van der Waals surface area contributed by atoms with Crippen LogP contribution >= 0.6 is 0 Å². The summed E-state index contributed by atoms with van der Waals surface area (Å²) >= 11 is 0. The molecule has 1 aromatic heterocycles. The number of rotatable bonds is 3. The molecule has 1 saturated heterocycles. The van der Waals surface area contributed by atoms with Gasteiger partial charge in [0, 0.05) is 18.8 Å². The predicted octanol–water partition coefficient (Wildman–Crippen LogP) is 1.31. The number of hydrogen-bond donors (Lipinski definition) is 2. The highest BCUT2D eigenvalue weighted by molar-refractivity contribution is 5.94. The quantitative estimate of drug-likeness (QED) is 0.848. The minimum Gasteiger partial charge on any atom is -0.397 e. The van der Waals surface area contributed by atoms with E-state index >= 15 is 0 Å². The summed E-state index contributed by atoms with van der Waals surface area (Å²) < 4.78 is 7.38. The monoisotopic (exact) mass is 249 g/mol. The van der Waals surface area contributed by atoms with Gasteiger partial charge >= 0.3 is 0 Å². The van der Waals surface area contributed by atoms with Crippen molar-refractivity contribution in [3.8, 4) is 0 Å². The van der Waals surface area contributed by atoms with Crippen LogP contribution in [0.15, 0.2) is 12.3 Å². The molecule has 1 aliphatic heterocycles. The molecule has 0 radical (unpaired) electrons. The summed E-state index contributed by atoms with van der Waals surface area (Å²) in [7, 11) is 0. The van der Waals surface area contributed by atoms with E-state index in [4.69, 9.17) is 10.5 Å². The van der Waals surface area contributed by atoms with E-state index in [1.165, 1.54) is 0 Å². The summed E-state index contributed by atoms with van der Waals surface area (Å²) in [5, 5.41) is 3.03. The molecule has 0 spiro atoms. The summed E-state index contributed by atoms with van der Waals surface area (Å²) in [6.07, 6.45) is 6.15. The molecule has 2 aliphatic rings. The van der Waals surface area contributed by atoms with Gasteiger partial charge in [-0.25, -0.2) is 0 Å². The topological polar surface area (TPSA) is 69.3 Å². The Kier molecular flexibility index (Phi) is 2.99. The van der Waals surface area contributed by atoms with Crippen LogP contribution in [-0.4, -0.2) is 29.7 Å². The summed E-state index contributed by atoms with van der Waals surface area (Å²) in [4.78, 5) is 12.2. The maximum absolute atomic E-state index is 12.2. The predicted molar refractivity (Wildman–Crippen MR) is 68.4 cm³/mol. The first-order valence-electron chi connectivity index (χ1n) is 6.60. The fourth-order valence-corrected chi connectivity index (χ4v) is 2.45. The molecule has 2 heterocycles. The first kappa shape index (κ1) is 11.6. The number of ether oxygens (including phenoxy) is 1. The van der Waals surface area contributed by atoms with Gasteiger partial charge in [0.25, 0.3) is 5.91 Å². The Morgan fingerprint density at radius 1 is 1.44 bits per heavy atom. The molecular formula is C13H19N3O2. The van der Waals surface area contributed by atoms with Crippen molar-refractivity contribution in [2.24, 2.45) is 0 Å². The van der Waals surface area contributed by atoms with Gasteiger partial charge in [-0.15, -0.1) is 0 Å². The number of anilines is 1. The highest BCUT2D eigenvalue weighted by Crippen LogP contribution is 2.37. The number of aromatic nitrogens is 1. The minimum atomic E-state index is -0.0332. The van der Waals surface area contributed by atoms with Gasteiger partial charge in [0.1, 0.15) is 5.69 Å².